The van der Waals surface area contributed by atoms with Crippen molar-refractivity contribution in [2.75, 3.05) is 37.7 Å². The van der Waals surface area contributed by atoms with Crippen LogP contribution in [0.2, 0.25) is 0 Å². The topological polar surface area (TPSA) is 80.5 Å². The molecule has 2 saturated heterocycles. The zero-order chi connectivity index (χ0) is 18.9. The number of carbonyl (C=O) groups is 1. The van der Waals surface area contributed by atoms with Crippen molar-refractivity contribution in [1.82, 2.24) is 9.88 Å². The van der Waals surface area contributed by atoms with Crippen molar-refractivity contribution in [3.63, 3.8) is 0 Å². The number of carbonyl (C=O) groups excluding carboxylic acids is 1. The van der Waals surface area contributed by atoms with Crippen LogP contribution in [0.15, 0.2) is 6.07 Å². The van der Waals surface area contributed by atoms with Crippen molar-refractivity contribution >= 4 is 11.7 Å². The van der Waals surface area contributed by atoms with Gasteiger partial charge < -0.3 is 14.9 Å². The second kappa shape index (κ2) is 7.47. The monoisotopic (exact) mass is 368 g/mol. The van der Waals surface area contributed by atoms with Gasteiger partial charge in [-0.05, 0) is 56.6 Å². The third kappa shape index (κ3) is 3.53. The van der Waals surface area contributed by atoms with Crippen LogP contribution in [0.4, 0.5) is 5.82 Å². The molecular weight excluding hydrogens is 340 g/mol. The van der Waals surface area contributed by atoms with Gasteiger partial charge in [0.1, 0.15) is 11.9 Å². The summed E-state index contributed by atoms with van der Waals surface area (Å²) in [5.41, 5.74) is 3.14. The highest BCUT2D eigenvalue weighted by molar-refractivity contribution is 5.77. The summed E-state index contributed by atoms with van der Waals surface area (Å²) in [7, 11) is 0. The lowest BCUT2D eigenvalue weighted by atomic mass is 9.73. The van der Waals surface area contributed by atoms with Crippen LogP contribution in [0.5, 0.6) is 0 Å². The maximum absolute atomic E-state index is 12.2. The number of β-amino-alcohol motifs (C(OH)–C–C–N with tert-alkyl or cyclic N) is 1. The van der Waals surface area contributed by atoms with Crippen LogP contribution in [0.1, 0.15) is 55.3 Å². The van der Waals surface area contributed by atoms with Crippen molar-refractivity contribution < 1.29 is 9.90 Å². The first-order valence-corrected chi connectivity index (χ1v) is 10.2. The number of pyridine rings is 1. The number of likely N-dealkylation sites (tertiary alicyclic amines) is 1. The van der Waals surface area contributed by atoms with E-state index in [0.717, 1.165) is 56.7 Å². The first kappa shape index (κ1) is 18.2. The molecule has 0 aromatic carbocycles. The summed E-state index contributed by atoms with van der Waals surface area (Å²) in [4.78, 5) is 21.2. The number of rotatable bonds is 3. The summed E-state index contributed by atoms with van der Waals surface area (Å²) >= 11 is 0. The highest BCUT2D eigenvalue weighted by atomic mass is 16.3. The van der Waals surface area contributed by atoms with Crippen molar-refractivity contribution in [2.45, 2.75) is 51.4 Å². The zero-order valence-electron chi connectivity index (χ0n) is 15.9. The number of aliphatic hydroxyl groups excluding tert-OH is 1. The minimum Gasteiger partial charge on any atom is -0.395 e. The number of anilines is 1. The minimum absolute atomic E-state index is 0.0104. The molecule has 1 aromatic rings. The Labute approximate surface area is 160 Å². The van der Waals surface area contributed by atoms with E-state index in [4.69, 9.17) is 4.98 Å². The van der Waals surface area contributed by atoms with Gasteiger partial charge in [-0.2, -0.15) is 5.26 Å². The number of amides is 1. The molecule has 1 amide bonds. The summed E-state index contributed by atoms with van der Waals surface area (Å²) < 4.78 is 0. The molecule has 3 heterocycles. The number of hydrogen-bond donors (Lipinski definition) is 1. The van der Waals surface area contributed by atoms with Crippen LogP contribution < -0.4 is 4.90 Å². The zero-order valence-corrected chi connectivity index (χ0v) is 15.9. The van der Waals surface area contributed by atoms with Crippen molar-refractivity contribution in [1.29, 1.82) is 5.26 Å². The van der Waals surface area contributed by atoms with Crippen LogP contribution in [0, 0.1) is 16.7 Å². The predicted molar refractivity (Wildman–Crippen MR) is 102 cm³/mol. The molecule has 3 aliphatic rings. The fourth-order valence-corrected chi connectivity index (χ4v) is 5.09. The van der Waals surface area contributed by atoms with E-state index >= 15 is 0 Å². The van der Waals surface area contributed by atoms with Gasteiger partial charge in [-0.1, -0.05) is 0 Å². The van der Waals surface area contributed by atoms with Gasteiger partial charge in [-0.15, -0.1) is 0 Å². The molecule has 2 aliphatic heterocycles. The largest absolute Gasteiger partial charge is 0.395 e. The summed E-state index contributed by atoms with van der Waals surface area (Å²) in [6.07, 6.45) is 7.96. The summed E-state index contributed by atoms with van der Waals surface area (Å²) in [5.74, 6) is 0.985. The Hall–Kier alpha value is -2.13. The standard InChI is InChI=1S/C21H28N4O2/c22-13-17-12-16-4-1-2-5-18(16)23-20(17)25-9-3-7-21(15-25)8-6-19(27)24(14-21)10-11-26/h12,26H,1-11,14-15H2/t21-/m0/s1. The van der Waals surface area contributed by atoms with Crippen molar-refractivity contribution in [2.24, 2.45) is 5.41 Å². The fourth-order valence-electron chi connectivity index (χ4n) is 5.09. The molecule has 1 N–H and O–H groups in total. The third-order valence-electron chi connectivity index (χ3n) is 6.48. The van der Waals surface area contributed by atoms with Crippen LogP contribution in [-0.4, -0.2) is 53.7 Å². The number of nitriles is 1. The predicted octanol–water partition coefficient (Wildman–Crippen LogP) is 2.03. The minimum atomic E-state index is 0.0104. The maximum Gasteiger partial charge on any atom is 0.222 e. The quantitative estimate of drug-likeness (QED) is 0.883. The van der Waals surface area contributed by atoms with E-state index in [-0.39, 0.29) is 17.9 Å². The van der Waals surface area contributed by atoms with Crippen LogP contribution in [-0.2, 0) is 17.6 Å². The Morgan fingerprint density at radius 2 is 2.04 bits per heavy atom. The van der Waals surface area contributed by atoms with Crippen LogP contribution in [0.25, 0.3) is 0 Å². The number of fused-ring (bicyclic) bond motifs is 1. The average molecular weight is 368 g/mol. The number of nitrogens with zero attached hydrogens (tertiary/aromatic N) is 4. The molecule has 27 heavy (non-hydrogen) atoms. The molecule has 1 atom stereocenters. The molecule has 6 heteroatoms. The van der Waals surface area contributed by atoms with E-state index in [1.165, 1.54) is 18.4 Å². The summed E-state index contributed by atoms with van der Waals surface area (Å²) in [6, 6.07) is 4.42. The average Bonchev–Trinajstić information content (AvgIpc) is 2.70. The van der Waals surface area contributed by atoms with Crippen molar-refractivity contribution in [3.8, 4) is 6.07 Å². The maximum atomic E-state index is 12.2. The summed E-state index contributed by atoms with van der Waals surface area (Å²) in [6.45, 7) is 2.88. The van der Waals surface area contributed by atoms with E-state index in [9.17, 15) is 15.2 Å². The van der Waals surface area contributed by atoms with Gasteiger partial charge in [0.2, 0.25) is 5.91 Å². The fraction of sp³-hybridized carbons (Fsp3) is 0.667. The van der Waals surface area contributed by atoms with Crippen LogP contribution in [0.3, 0.4) is 0 Å². The number of aryl methyl sites for hydroxylation is 2. The Kier molecular flexibility index (Phi) is 5.05. The molecule has 6 nitrogen and oxygen atoms in total. The highest BCUT2D eigenvalue weighted by Crippen LogP contribution is 2.40. The second-order valence-corrected chi connectivity index (χ2v) is 8.35. The lowest BCUT2D eigenvalue weighted by molar-refractivity contribution is -0.138. The van der Waals surface area contributed by atoms with Gasteiger partial charge in [-0.3, -0.25) is 4.79 Å². The summed E-state index contributed by atoms with van der Waals surface area (Å²) in [5, 5.41) is 19.0. The van der Waals surface area contributed by atoms with Gasteiger partial charge in [0, 0.05) is 43.7 Å². The molecule has 0 bridgehead atoms. The van der Waals surface area contributed by atoms with E-state index in [1.807, 2.05) is 4.90 Å². The van der Waals surface area contributed by atoms with Gasteiger partial charge in [0.05, 0.1) is 12.2 Å². The molecule has 0 unspecified atom stereocenters. The molecule has 0 radical (unpaired) electrons. The number of aromatic nitrogens is 1. The lowest BCUT2D eigenvalue weighted by Crippen LogP contribution is -2.54. The molecule has 1 spiro atoms. The van der Waals surface area contributed by atoms with Crippen molar-refractivity contribution in [3.05, 3.63) is 22.9 Å². The van der Waals surface area contributed by atoms with Gasteiger partial charge in [0.15, 0.2) is 0 Å². The normalized spacial score (nSPS) is 25.4. The molecule has 2 fully saturated rings. The number of aliphatic hydroxyl groups is 1. The third-order valence-corrected chi connectivity index (χ3v) is 6.48. The SMILES string of the molecule is N#Cc1cc2c(nc1N1CCC[C@@]3(CCC(=O)N(CCO)C3)C1)CCCC2. The molecule has 4 rings (SSSR count). The molecule has 1 aromatic heterocycles. The smallest absolute Gasteiger partial charge is 0.222 e. The molecular formula is C21H28N4O2. The number of piperidine rings is 2. The Morgan fingerprint density at radius 1 is 1.19 bits per heavy atom. The first-order valence-electron chi connectivity index (χ1n) is 10.2. The number of hydrogen-bond acceptors (Lipinski definition) is 5. The second-order valence-electron chi connectivity index (χ2n) is 8.35. The van der Waals surface area contributed by atoms with Gasteiger partial charge in [0.25, 0.3) is 0 Å². The lowest BCUT2D eigenvalue weighted by Gasteiger charge is -2.48. The Morgan fingerprint density at radius 3 is 2.85 bits per heavy atom. The van der Waals surface area contributed by atoms with E-state index in [1.54, 1.807) is 0 Å². The van der Waals surface area contributed by atoms with Gasteiger partial charge >= 0.3 is 0 Å². The van der Waals surface area contributed by atoms with Crippen LogP contribution >= 0.6 is 0 Å². The first-order chi connectivity index (χ1) is 13.1. The molecule has 0 saturated carbocycles. The van der Waals surface area contributed by atoms with Gasteiger partial charge in [-0.25, -0.2) is 4.98 Å². The van der Waals surface area contributed by atoms with E-state index < -0.39 is 0 Å². The molecule has 1 aliphatic carbocycles. The Bertz CT molecular complexity index is 772. The van der Waals surface area contributed by atoms with E-state index in [2.05, 4.69) is 17.0 Å². The highest BCUT2D eigenvalue weighted by Gasteiger charge is 2.42. The molecule has 144 valence electrons. The van der Waals surface area contributed by atoms with E-state index in [0.29, 0.717) is 25.1 Å². The Balaban J connectivity index is 1.60.